The highest BCUT2D eigenvalue weighted by atomic mass is 32.2. The maximum Gasteiger partial charge on any atom is 0.323 e. The molecule has 654 valence electrons. The van der Waals surface area contributed by atoms with E-state index in [2.05, 4.69) is 85.7 Å². The summed E-state index contributed by atoms with van der Waals surface area (Å²) < 4.78 is 86.0. The smallest absolute Gasteiger partial charge is 0.323 e. The molecule has 0 radical (unpaired) electrons. The Balaban J connectivity index is 0.000000144. The molecule has 6 aliphatic rings. The van der Waals surface area contributed by atoms with Crippen molar-refractivity contribution < 1.29 is 54.6 Å². The molecular weight excluding hydrogens is 1630 g/mol. The van der Waals surface area contributed by atoms with Gasteiger partial charge in [-0.1, -0.05) is 0 Å². The van der Waals surface area contributed by atoms with Crippen LogP contribution < -0.4 is 46.6 Å². The average molecular weight is 1730 g/mol. The van der Waals surface area contributed by atoms with Gasteiger partial charge in [0, 0.05) is 200 Å². The summed E-state index contributed by atoms with van der Waals surface area (Å²) in [5, 5.41) is 31.2. The topological polar surface area (TPSA) is 356 Å². The summed E-state index contributed by atoms with van der Waals surface area (Å²) in [6, 6.07) is 40.1. The summed E-state index contributed by atoms with van der Waals surface area (Å²) in [5.41, 5.74) is 12.2. The zero-order chi connectivity index (χ0) is 86.4. The molecule has 6 saturated heterocycles. The molecule has 7 amide bonds. The third-order valence-electron chi connectivity index (χ3n) is 22.0. The molecule has 38 heteroatoms. The zero-order valence-electron chi connectivity index (χ0n) is 70.3. The second-order valence-electron chi connectivity index (χ2n) is 31.5. The molecule has 35 nitrogen and oxygen atoms in total. The number of sulfonamides is 2. The Morgan fingerprint density at radius 3 is 1.07 bits per heavy atom. The Morgan fingerprint density at radius 1 is 0.411 bits per heavy atom. The number of halogens is 1. The van der Waals surface area contributed by atoms with E-state index >= 15 is 0 Å². The normalized spacial score (nSPS) is 16.6. The second-order valence-corrected chi connectivity index (χ2v) is 35.5. The number of hydrogen-bond donors (Lipinski definition) is 6. The highest BCUT2D eigenvalue weighted by molar-refractivity contribution is 7.88. The Bertz CT molecular complexity index is 5770. The van der Waals surface area contributed by atoms with Crippen LogP contribution in [0.1, 0.15) is 53.2 Å². The fraction of sp³-hybridized carbons (Fsp3) is 0.395. The summed E-state index contributed by atoms with van der Waals surface area (Å²) in [7, 11) is -2.24. The molecule has 5 aromatic carbocycles. The van der Waals surface area contributed by atoms with Crippen molar-refractivity contribution in [2.75, 3.05) is 219 Å². The number of piperidine rings is 1. The molecule has 0 spiro atoms. The van der Waals surface area contributed by atoms with Crippen LogP contribution in [0.2, 0.25) is 0 Å². The minimum atomic E-state index is -3.18. The summed E-state index contributed by atoms with van der Waals surface area (Å²) >= 11 is 0. The quantitative estimate of drug-likeness (QED) is 0.0390. The fourth-order valence-corrected chi connectivity index (χ4v) is 17.3. The predicted molar refractivity (Wildman–Crippen MR) is 476 cm³/mol. The number of aromatic nitrogens is 9. The van der Waals surface area contributed by atoms with Crippen molar-refractivity contribution in [2.24, 2.45) is 0 Å². The first-order valence-corrected chi connectivity index (χ1v) is 45.5. The zero-order valence-corrected chi connectivity index (χ0v) is 71.9. The van der Waals surface area contributed by atoms with Crippen LogP contribution in [0.15, 0.2) is 158 Å². The summed E-state index contributed by atoms with van der Waals surface area (Å²) in [4.78, 5) is 79.8. The van der Waals surface area contributed by atoms with Gasteiger partial charge in [-0.15, -0.1) is 15.3 Å². The highest BCUT2D eigenvalue weighted by Crippen LogP contribution is 2.33. The lowest BCUT2D eigenvalue weighted by atomic mass is 10.1. The predicted octanol–water partition coefficient (Wildman–Crippen LogP) is 9.11. The molecular formula is C86H105FN24O11S2. The number of rotatable bonds is 21. The van der Waals surface area contributed by atoms with E-state index in [0.29, 0.717) is 176 Å². The average Bonchev–Trinajstić information content (AvgIpc) is 1.64. The van der Waals surface area contributed by atoms with Gasteiger partial charge >= 0.3 is 18.1 Å². The van der Waals surface area contributed by atoms with Crippen molar-refractivity contribution in [3.05, 3.63) is 186 Å². The molecule has 0 unspecified atom stereocenters. The molecule has 0 atom stereocenters. The van der Waals surface area contributed by atoms with Crippen molar-refractivity contribution in [3.8, 4) is 34.2 Å². The number of hydrogen-bond acceptors (Lipinski definition) is 23. The van der Waals surface area contributed by atoms with Crippen molar-refractivity contribution in [1.29, 1.82) is 0 Å². The standard InChI is InChI=1S/C32H38N8O3.C29H33FN8O4S.C25H34N8O4S/c1-37(2)21-23-20-28-30(38-16-18-43-19-17-38)35-29(36-40(28)22-23)24-6-10-26(11-7-24)33-32(42)34-27-12-8-25(9-13-27)31(41)39-14-4-3-5-15-39;1-43(40,41)37-12-10-35(11-13-37)19-21-18-26-28(36-14-16-42-17-15-36)33-27(34-38(26)20-21)22-2-6-24(7-3-22)31-29(39)32-25-8-4-23(30)5-9-25;1-3-26-25(34)27-21-6-4-20(5-7-21)23-28-24(31-12-14-37-15-13-31)22-16-19(18-33(22)29-23)17-30-8-10-32(11-9-30)38(2,35)36/h6-13,20,22H,3-5,14-19,21H2,1-2H3,(H2,33,34,42);2-9,18,20H,10-17,19H2,1H3,(H2,31,32,39);4-7,16,18H,3,8-15,17H2,1-2H3,(H2,26,27,34). The van der Waals surface area contributed by atoms with Gasteiger partial charge in [-0.3, -0.25) is 14.6 Å². The first kappa shape index (κ1) is 87.1. The highest BCUT2D eigenvalue weighted by Gasteiger charge is 2.29. The van der Waals surface area contributed by atoms with Gasteiger partial charge in [0.2, 0.25) is 20.0 Å². The molecule has 6 aliphatic heterocycles. The van der Waals surface area contributed by atoms with E-state index in [1.807, 2.05) is 113 Å². The van der Waals surface area contributed by atoms with Gasteiger partial charge in [0.25, 0.3) is 5.91 Å². The van der Waals surface area contributed by atoms with Crippen LogP contribution in [0.3, 0.4) is 0 Å². The minimum Gasteiger partial charge on any atom is -0.378 e. The van der Waals surface area contributed by atoms with Crippen LogP contribution in [0.4, 0.5) is 64.7 Å². The molecule has 124 heavy (non-hydrogen) atoms. The molecule has 6 aromatic heterocycles. The minimum absolute atomic E-state index is 0.0433. The number of anilines is 8. The SMILES string of the molecule is CCNC(=O)Nc1ccc(-c2nc(N3CCOCC3)c3cc(CN4CCN(S(C)(=O)=O)CC4)cn3n2)cc1.CN(C)Cc1cc2c(N3CCOCC3)nc(-c3ccc(NC(=O)Nc4ccc(C(=O)N5CCCCC5)cc4)cc3)nn2c1.CS(=O)(=O)N1CCN(Cc2cc3c(N4CCOCC4)nc(-c4ccc(NC(=O)Nc5ccc(F)cc5)cc4)nn3c2)CC1. The number of carbonyl (C=O) groups excluding carboxylic acids is 4. The summed E-state index contributed by atoms with van der Waals surface area (Å²) in [5.74, 6) is 3.98. The third-order valence-corrected chi connectivity index (χ3v) is 24.6. The number of likely N-dealkylation sites (tertiary alicyclic amines) is 1. The van der Waals surface area contributed by atoms with Gasteiger partial charge in [0.1, 0.15) is 22.4 Å². The van der Waals surface area contributed by atoms with Crippen molar-refractivity contribution >= 4 is 106 Å². The molecule has 0 bridgehead atoms. The number of ether oxygens (including phenoxy) is 3. The second kappa shape index (κ2) is 39.8. The fourth-order valence-electron chi connectivity index (χ4n) is 15.6. The van der Waals surface area contributed by atoms with Gasteiger partial charge in [-0.25, -0.2) is 64.1 Å². The lowest BCUT2D eigenvalue weighted by molar-refractivity contribution is 0.0724. The van der Waals surface area contributed by atoms with Crippen LogP contribution in [0.5, 0.6) is 0 Å². The maximum absolute atomic E-state index is 13.1. The number of nitrogens with zero attached hydrogens (tertiary/aromatic N) is 18. The Kier molecular flexibility index (Phi) is 27.9. The van der Waals surface area contributed by atoms with Crippen LogP contribution in [-0.2, 0) is 53.9 Å². The van der Waals surface area contributed by atoms with E-state index in [-0.39, 0.29) is 23.8 Å². The number of amides is 7. The lowest BCUT2D eigenvalue weighted by Crippen LogP contribution is -2.47. The number of nitrogens with one attached hydrogen (secondary N) is 6. The van der Waals surface area contributed by atoms with Gasteiger partial charge in [-0.2, -0.15) is 8.61 Å². The summed E-state index contributed by atoms with van der Waals surface area (Å²) in [6.45, 7) is 19.2. The van der Waals surface area contributed by atoms with Gasteiger partial charge < -0.3 is 70.6 Å². The molecule has 6 N–H and O–H groups in total. The van der Waals surface area contributed by atoms with Gasteiger partial charge in [-0.05, 0) is 196 Å². The van der Waals surface area contributed by atoms with Gasteiger partial charge in [0.15, 0.2) is 34.9 Å². The largest absolute Gasteiger partial charge is 0.378 e. The van der Waals surface area contributed by atoms with Gasteiger partial charge in [0.05, 0.1) is 52.2 Å². The van der Waals surface area contributed by atoms with E-state index < -0.39 is 26.1 Å². The first-order chi connectivity index (χ1) is 59.9. The van der Waals surface area contributed by atoms with Crippen molar-refractivity contribution in [3.63, 3.8) is 0 Å². The number of carbonyl (C=O) groups is 4. The molecule has 11 aromatic rings. The van der Waals surface area contributed by atoms with Crippen LogP contribution in [0, 0.1) is 5.82 Å². The Hall–Kier alpha value is -11.9. The molecule has 0 saturated carbocycles. The Labute approximate surface area is 719 Å². The van der Waals surface area contributed by atoms with Crippen molar-refractivity contribution in [1.82, 2.24) is 77.3 Å². The van der Waals surface area contributed by atoms with Crippen LogP contribution in [-0.4, -0.2) is 290 Å². The molecule has 12 heterocycles. The van der Waals surface area contributed by atoms with E-state index in [9.17, 15) is 40.4 Å². The third kappa shape index (κ3) is 22.6. The Morgan fingerprint density at radius 2 is 0.734 bits per heavy atom. The van der Waals surface area contributed by atoms with E-state index in [0.717, 1.165) is 120 Å². The monoisotopic (exact) mass is 1730 g/mol. The maximum atomic E-state index is 13.1. The van der Waals surface area contributed by atoms with Crippen LogP contribution >= 0.6 is 0 Å². The molecule has 17 rings (SSSR count). The molecule has 6 fully saturated rings. The number of morpholine rings is 3. The summed E-state index contributed by atoms with van der Waals surface area (Å²) in [6.07, 6.45) is 11.9. The lowest BCUT2D eigenvalue weighted by Gasteiger charge is -2.32. The van der Waals surface area contributed by atoms with E-state index in [4.69, 9.17) is 44.5 Å². The number of piperazine rings is 2. The van der Waals surface area contributed by atoms with Crippen molar-refractivity contribution in [2.45, 2.75) is 45.8 Å². The number of fused-ring (bicyclic) bond motifs is 3. The number of benzene rings is 5. The number of urea groups is 3. The first-order valence-electron chi connectivity index (χ1n) is 41.8. The van der Waals surface area contributed by atoms with Crippen LogP contribution in [0.25, 0.3) is 50.7 Å². The molecule has 0 aliphatic carbocycles. The van der Waals surface area contributed by atoms with E-state index in [1.54, 1.807) is 36.4 Å². The van der Waals surface area contributed by atoms with E-state index in [1.165, 1.54) is 57.4 Å².